The minimum Gasteiger partial charge on any atom is -0.350 e. The Bertz CT molecular complexity index is 993. The lowest BCUT2D eigenvalue weighted by Crippen LogP contribution is -2.27. The quantitative estimate of drug-likeness (QED) is 0.657. The molecule has 0 aliphatic carbocycles. The number of anilines is 1. The molecule has 0 saturated heterocycles. The van der Waals surface area contributed by atoms with Gasteiger partial charge in [0.1, 0.15) is 17.2 Å². The zero-order valence-electron chi connectivity index (χ0n) is 14.8. The summed E-state index contributed by atoms with van der Waals surface area (Å²) in [4.78, 5) is 28.7. The summed E-state index contributed by atoms with van der Waals surface area (Å²) in [5, 5.41) is 6.02. The SMILES string of the molecule is O=C(NCCc1cccc(Cl)c1)c1cccc(C(=O)Nc2ccc(F)cc2)n1. The van der Waals surface area contributed by atoms with Crippen LogP contribution < -0.4 is 10.6 Å². The van der Waals surface area contributed by atoms with Gasteiger partial charge in [-0.1, -0.05) is 29.8 Å². The van der Waals surface area contributed by atoms with Crippen molar-refractivity contribution in [1.29, 1.82) is 0 Å². The van der Waals surface area contributed by atoms with E-state index in [9.17, 15) is 14.0 Å². The van der Waals surface area contributed by atoms with Crippen molar-refractivity contribution in [2.45, 2.75) is 6.42 Å². The number of nitrogens with zero attached hydrogens (tertiary/aromatic N) is 1. The molecular weight excluding hydrogens is 381 g/mol. The molecule has 3 rings (SSSR count). The molecule has 28 heavy (non-hydrogen) atoms. The lowest BCUT2D eigenvalue weighted by molar-refractivity contribution is 0.0949. The summed E-state index contributed by atoms with van der Waals surface area (Å²) < 4.78 is 12.9. The highest BCUT2D eigenvalue weighted by Crippen LogP contribution is 2.11. The van der Waals surface area contributed by atoms with Crippen molar-refractivity contribution in [2.75, 3.05) is 11.9 Å². The highest BCUT2D eigenvalue weighted by Gasteiger charge is 2.12. The van der Waals surface area contributed by atoms with Crippen LogP contribution in [0.2, 0.25) is 5.02 Å². The topological polar surface area (TPSA) is 71.1 Å². The maximum atomic E-state index is 12.9. The van der Waals surface area contributed by atoms with Crippen LogP contribution in [0.5, 0.6) is 0 Å². The molecule has 0 saturated carbocycles. The number of halogens is 2. The van der Waals surface area contributed by atoms with Crippen LogP contribution in [0.1, 0.15) is 26.5 Å². The number of hydrogen-bond acceptors (Lipinski definition) is 3. The summed E-state index contributed by atoms with van der Waals surface area (Å²) in [5.41, 5.74) is 1.67. The first-order chi connectivity index (χ1) is 13.5. The maximum absolute atomic E-state index is 12.9. The number of carbonyl (C=O) groups is 2. The van der Waals surface area contributed by atoms with Crippen molar-refractivity contribution in [3.63, 3.8) is 0 Å². The van der Waals surface area contributed by atoms with Crippen molar-refractivity contribution in [2.24, 2.45) is 0 Å². The number of aromatic nitrogens is 1. The van der Waals surface area contributed by atoms with Crippen molar-refractivity contribution < 1.29 is 14.0 Å². The Balaban J connectivity index is 1.59. The molecule has 2 amide bonds. The standard InChI is InChI=1S/C21H17ClFN3O2/c22-15-4-1-3-14(13-15)11-12-24-20(27)18-5-2-6-19(26-18)21(28)25-17-9-7-16(23)8-10-17/h1-10,13H,11-12H2,(H,24,27)(H,25,28). The summed E-state index contributed by atoms with van der Waals surface area (Å²) in [6.07, 6.45) is 0.622. The smallest absolute Gasteiger partial charge is 0.274 e. The number of benzene rings is 2. The first kappa shape index (κ1) is 19.5. The van der Waals surface area contributed by atoms with E-state index in [1.165, 1.54) is 36.4 Å². The lowest BCUT2D eigenvalue weighted by atomic mass is 10.1. The van der Waals surface area contributed by atoms with Gasteiger partial charge >= 0.3 is 0 Å². The molecule has 0 unspecified atom stereocenters. The molecule has 2 aromatic carbocycles. The molecule has 0 fully saturated rings. The Morgan fingerprint density at radius 2 is 1.61 bits per heavy atom. The Kier molecular flexibility index (Phi) is 6.34. The van der Waals surface area contributed by atoms with Crippen LogP contribution in [0.25, 0.3) is 0 Å². The van der Waals surface area contributed by atoms with E-state index in [-0.39, 0.29) is 17.3 Å². The van der Waals surface area contributed by atoms with Crippen molar-refractivity contribution in [1.82, 2.24) is 10.3 Å². The second-order valence-corrected chi connectivity index (χ2v) is 6.44. The van der Waals surface area contributed by atoms with Gasteiger partial charge in [0.15, 0.2) is 0 Å². The largest absolute Gasteiger partial charge is 0.350 e. The van der Waals surface area contributed by atoms with E-state index in [2.05, 4.69) is 15.6 Å². The molecule has 2 N–H and O–H groups in total. The third-order valence-electron chi connectivity index (χ3n) is 3.90. The summed E-state index contributed by atoms with van der Waals surface area (Å²) >= 11 is 5.94. The second kappa shape index (κ2) is 9.10. The van der Waals surface area contributed by atoms with Gasteiger partial charge in [-0.2, -0.15) is 0 Å². The number of pyridine rings is 1. The minimum absolute atomic E-state index is 0.0896. The van der Waals surface area contributed by atoms with Crippen LogP contribution in [-0.4, -0.2) is 23.3 Å². The van der Waals surface area contributed by atoms with Crippen LogP contribution in [0.4, 0.5) is 10.1 Å². The average Bonchev–Trinajstić information content (AvgIpc) is 2.70. The zero-order chi connectivity index (χ0) is 19.9. The Morgan fingerprint density at radius 3 is 2.32 bits per heavy atom. The number of amides is 2. The summed E-state index contributed by atoms with van der Waals surface area (Å²) in [6.45, 7) is 0.410. The molecule has 0 radical (unpaired) electrons. The van der Waals surface area contributed by atoms with Gasteiger partial charge in [0, 0.05) is 17.3 Å². The van der Waals surface area contributed by atoms with Gasteiger partial charge in [0.2, 0.25) is 0 Å². The molecule has 0 aliphatic rings. The van der Waals surface area contributed by atoms with E-state index < -0.39 is 11.7 Å². The first-order valence-electron chi connectivity index (χ1n) is 8.58. The molecule has 0 aliphatic heterocycles. The van der Waals surface area contributed by atoms with E-state index >= 15 is 0 Å². The lowest BCUT2D eigenvalue weighted by Gasteiger charge is -2.08. The highest BCUT2D eigenvalue weighted by molar-refractivity contribution is 6.30. The molecular formula is C21H17ClFN3O2. The summed E-state index contributed by atoms with van der Waals surface area (Å²) in [7, 11) is 0. The normalized spacial score (nSPS) is 10.4. The van der Waals surface area contributed by atoms with Crippen molar-refractivity contribution in [3.05, 3.63) is 94.5 Å². The Hall–Kier alpha value is -3.25. The van der Waals surface area contributed by atoms with Gasteiger partial charge in [0.25, 0.3) is 11.8 Å². The van der Waals surface area contributed by atoms with E-state index in [4.69, 9.17) is 11.6 Å². The van der Waals surface area contributed by atoms with Gasteiger partial charge < -0.3 is 10.6 Å². The molecule has 7 heteroatoms. The van der Waals surface area contributed by atoms with Gasteiger partial charge in [-0.25, -0.2) is 9.37 Å². The van der Waals surface area contributed by atoms with Gasteiger partial charge in [-0.15, -0.1) is 0 Å². The maximum Gasteiger partial charge on any atom is 0.274 e. The molecule has 3 aromatic rings. The zero-order valence-corrected chi connectivity index (χ0v) is 15.5. The van der Waals surface area contributed by atoms with Crippen LogP contribution in [0.3, 0.4) is 0 Å². The van der Waals surface area contributed by atoms with Crippen LogP contribution in [-0.2, 0) is 6.42 Å². The fraction of sp³-hybridized carbons (Fsp3) is 0.0952. The Morgan fingerprint density at radius 1 is 0.929 bits per heavy atom. The van der Waals surface area contributed by atoms with Gasteiger partial charge in [0.05, 0.1) is 0 Å². The van der Waals surface area contributed by atoms with Crippen molar-refractivity contribution >= 4 is 29.1 Å². The number of carbonyl (C=O) groups excluding carboxylic acids is 2. The second-order valence-electron chi connectivity index (χ2n) is 6.00. The minimum atomic E-state index is -0.486. The fourth-order valence-electron chi connectivity index (χ4n) is 2.52. The summed E-state index contributed by atoms with van der Waals surface area (Å²) in [5.74, 6) is -1.26. The molecule has 0 spiro atoms. The predicted molar refractivity (Wildman–Crippen MR) is 106 cm³/mol. The molecule has 1 heterocycles. The third kappa shape index (κ3) is 5.37. The number of rotatable bonds is 6. The van der Waals surface area contributed by atoms with Crippen molar-refractivity contribution in [3.8, 4) is 0 Å². The van der Waals surface area contributed by atoms with E-state index in [0.29, 0.717) is 23.7 Å². The summed E-state index contributed by atoms with van der Waals surface area (Å²) in [6, 6.07) is 17.4. The van der Waals surface area contributed by atoms with E-state index in [1.54, 1.807) is 12.1 Å². The van der Waals surface area contributed by atoms with Crippen LogP contribution >= 0.6 is 11.6 Å². The van der Waals surface area contributed by atoms with Gasteiger partial charge in [-0.3, -0.25) is 9.59 Å². The number of hydrogen-bond donors (Lipinski definition) is 2. The fourth-order valence-corrected chi connectivity index (χ4v) is 2.73. The molecule has 0 atom stereocenters. The third-order valence-corrected chi connectivity index (χ3v) is 4.14. The molecule has 5 nitrogen and oxygen atoms in total. The van der Waals surface area contributed by atoms with Gasteiger partial charge in [-0.05, 0) is 60.5 Å². The molecule has 142 valence electrons. The van der Waals surface area contributed by atoms with E-state index in [1.807, 2.05) is 18.2 Å². The number of nitrogens with one attached hydrogen (secondary N) is 2. The van der Waals surface area contributed by atoms with E-state index in [0.717, 1.165) is 5.56 Å². The van der Waals surface area contributed by atoms with Crippen LogP contribution in [0, 0.1) is 5.82 Å². The monoisotopic (exact) mass is 397 g/mol. The highest BCUT2D eigenvalue weighted by atomic mass is 35.5. The van der Waals surface area contributed by atoms with Crippen LogP contribution in [0.15, 0.2) is 66.7 Å². The Labute approximate surface area is 166 Å². The predicted octanol–water partition coefficient (Wildman–Crippen LogP) is 4.10. The average molecular weight is 398 g/mol. The first-order valence-corrected chi connectivity index (χ1v) is 8.96. The molecule has 1 aromatic heterocycles. The molecule has 0 bridgehead atoms.